The van der Waals surface area contributed by atoms with E-state index in [-0.39, 0.29) is 0 Å². The van der Waals surface area contributed by atoms with Gasteiger partial charge in [-0.25, -0.2) is 0 Å². The second-order valence-corrected chi connectivity index (χ2v) is 4.85. The lowest BCUT2D eigenvalue weighted by atomic mass is 10.1. The van der Waals surface area contributed by atoms with Crippen molar-refractivity contribution in [3.05, 3.63) is 23.8 Å². The molecule has 22 heavy (non-hydrogen) atoms. The van der Waals surface area contributed by atoms with E-state index in [1.54, 1.807) is 0 Å². The number of rotatable bonds is 2. The fourth-order valence-electron chi connectivity index (χ4n) is 2.07. The summed E-state index contributed by atoms with van der Waals surface area (Å²) in [5, 5.41) is 0. The largest absolute Gasteiger partial charge is 0.487 e. The molecule has 0 aliphatic carbocycles. The molecule has 0 saturated carbocycles. The normalized spacial score (nSPS) is 18.2. The number of fused-ring (bicyclic) bond motifs is 1. The van der Waals surface area contributed by atoms with Crippen molar-refractivity contribution >= 4 is 0 Å². The van der Waals surface area contributed by atoms with Crippen LogP contribution in [0, 0.1) is 0 Å². The van der Waals surface area contributed by atoms with E-state index in [4.69, 9.17) is 29.4 Å². The van der Waals surface area contributed by atoms with Gasteiger partial charge < -0.3 is 29.4 Å². The van der Waals surface area contributed by atoms with Gasteiger partial charge in [-0.3, -0.25) is 0 Å². The van der Waals surface area contributed by atoms with Crippen molar-refractivity contribution in [2.24, 2.45) is 5.73 Å². The molecule has 0 fully saturated rings. The minimum atomic E-state index is 0.471. The highest BCUT2D eigenvalue weighted by Gasteiger charge is 2.07. The molecular formula is C16H25NO5. The zero-order valence-corrected chi connectivity index (χ0v) is 12.9. The summed E-state index contributed by atoms with van der Waals surface area (Å²) in [5.74, 6) is 1.44. The Kier molecular flexibility index (Phi) is 8.04. The van der Waals surface area contributed by atoms with Crippen molar-refractivity contribution in [2.75, 3.05) is 59.4 Å². The molecule has 1 aromatic carbocycles. The van der Waals surface area contributed by atoms with Gasteiger partial charge in [0.25, 0.3) is 0 Å². The molecule has 1 aliphatic rings. The predicted octanol–water partition coefficient (Wildman–Crippen LogP) is 1.01. The van der Waals surface area contributed by atoms with Crippen LogP contribution >= 0.6 is 0 Å². The Hall–Kier alpha value is -1.34. The number of benzene rings is 1. The molecule has 2 rings (SSSR count). The third-order valence-electron chi connectivity index (χ3n) is 3.16. The lowest BCUT2D eigenvalue weighted by Crippen LogP contribution is -2.13. The van der Waals surface area contributed by atoms with Crippen molar-refractivity contribution in [2.45, 2.75) is 6.42 Å². The molecule has 0 saturated heterocycles. The maximum absolute atomic E-state index is 5.78. The molecule has 0 unspecified atom stereocenters. The van der Waals surface area contributed by atoms with E-state index in [0.29, 0.717) is 59.4 Å². The topological polar surface area (TPSA) is 72.2 Å². The van der Waals surface area contributed by atoms with Crippen molar-refractivity contribution in [1.29, 1.82) is 0 Å². The quantitative estimate of drug-likeness (QED) is 0.879. The summed E-state index contributed by atoms with van der Waals surface area (Å²) in [5.41, 5.74) is 6.74. The van der Waals surface area contributed by atoms with Gasteiger partial charge in [0.1, 0.15) is 13.2 Å². The molecule has 2 N–H and O–H groups in total. The van der Waals surface area contributed by atoms with Crippen LogP contribution in [0.15, 0.2) is 18.2 Å². The molecule has 6 heteroatoms. The van der Waals surface area contributed by atoms with Crippen LogP contribution in [0.25, 0.3) is 0 Å². The summed E-state index contributed by atoms with van der Waals surface area (Å²) < 4.78 is 27.8. The van der Waals surface area contributed by atoms with Gasteiger partial charge in [-0.15, -0.1) is 0 Å². The van der Waals surface area contributed by atoms with Crippen molar-refractivity contribution < 1.29 is 23.7 Å². The maximum atomic E-state index is 5.78. The van der Waals surface area contributed by atoms with Crippen molar-refractivity contribution in [3.8, 4) is 11.5 Å². The van der Waals surface area contributed by atoms with Crippen LogP contribution in [0.5, 0.6) is 11.5 Å². The molecule has 0 atom stereocenters. The Balaban J connectivity index is 1.97. The van der Waals surface area contributed by atoms with E-state index in [0.717, 1.165) is 23.5 Å². The Morgan fingerprint density at radius 1 is 0.727 bits per heavy atom. The third-order valence-corrected chi connectivity index (χ3v) is 3.16. The molecule has 124 valence electrons. The molecule has 1 aromatic rings. The second kappa shape index (κ2) is 10.4. The highest BCUT2D eigenvalue weighted by atomic mass is 16.6. The lowest BCUT2D eigenvalue weighted by Gasteiger charge is -2.14. The monoisotopic (exact) mass is 311 g/mol. The average molecular weight is 311 g/mol. The van der Waals surface area contributed by atoms with E-state index in [1.807, 2.05) is 18.2 Å². The summed E-state index contributed by atoms with van der Waals surface area (Å²) in [6.45, 7) is 4.83. The van der Waals surface area contributed by atoms with E-state index in [2.05, 4.69) is 0 Å². The highest BCUT2D eigenvalue weighted by molar-refractivity contribution is 5.43. The zero-order chi connectivity index (χ0) is 15.5. The minimum Gasteiger partial charge on any atom is -0.487 e. The Labute approximate surface area is 131 Å². The third kappa shape index (κ3) is 6.19. The number of nitrogens with two attached hydrogens (primary N) is 1. The van der Waals surface area contributed by atoms with Gasteiger partial charge in [0.15, 0.2) is 11.5 Å². The standard InChI is InChI=1S/C16H25NO5/c17-4-3-14-1-2-15-16(13-14)22-12-10-20-8-6-18-5-7-19-9-11-21-15/h1-2,13H,3-12,17H2. The second-order valence-electron chi connectivity index (χ2n) is 4.85. The van der Waals surface area contributed by atoms with Gasteiger partial charge in [0, 0.05) is 0 Å². The lowest BCUT2D eigenvalue weighted by molar-refractivity contribution is 0.00708. The van der Waals surface area contributed by atoms with Crippen LogP contribution in [0.4, 0.5) is 0 Å². The van der Waals surface area contributed by atoms with Gasteiger partial charge >= 0.3 is 0 Å². The highest BCUT2D eigenvalue weighted by Crippen LogP contribution is 2.28. The first kappa shape index (κ1) is 17.0. The first-order valence-electron chi connectivity index (χ1n) is 7.72. The molecule has 1 heterocycles. The van der Waals surface area contributed by atoms with Crippen molar-refractivity contribution in [1.82, 2.24) is 0 Å². The molecule has 0 amide bonds. The Morgan fingerprint density at radius 2 is 1.27 bits per heavy atom. The van der Waals surface area contributed by atoms with Gasteiger partial charge in [-0.05, 0) is 30.7 Å². The van der Waals surface area contributed by atoms with Gasteiger partial charge in [-0.2, -0.15) is 0 Å². The summed E-state index contributed by atoms with van der Waals surface area (Å²) in [6, 6.07) is 5.90. The molecule has 0 radical (unpaired) electrons. The molecule has 0 bridgehead atoms. The number of ether oxygens (including phenoxy) is 5. The number of hydrogen-bond acceptors (Lipinski definition) is 6. The van der Waals surface area contributed by atoms with Crippen LogP contribution in [0.3, 0.4) is 0 Å². The summed E-state index contributed by atoms with van der Waals surface area (Å²) in [4.78, 5) is 0. The smallest absolute Gasteiger partial charge is 0.161 e. The first-order chi connectivity index (χ1) is 10.9. The van der Waals surface area contributed by atoms with Gasteiger partial charge in [0.05, 0.1) is 39.6 Å². The van der Waals surface area contributed by atoms with Crippen LogP contribution in [0.1, 0.15) is 5.56 Å². The molecule has 1 aliphatic heterocycles. The van der Waals surface area contributed by atoms with E-state index in [1.165, 1.54) is 0 Å². The molecule has 6 nitrogen and oxygen atoms in total. The van der Waals surface area contributed by atoms with E-state index in [9.17, 15) is 0 Å². The van der Waals surface area contributed by atoms with Gasteiger partial charge in [0.2, 0.25) is 0 Å². The molecular weight excluding hydrogens is 286 g/mol. The SMILES string of the molecule is NCCc1ccc2c(c1)OCCOCCOCCOCCO2. The van der Waals surface area contributed by atoms with E-state index >= 15 is 0 Å². The Bertz CT molecular complexity index is 427. The summed E-state index contributed by atoms with van der Waals surface area (Å²) in [7, 11) is 0. The fourth-order valence-corrected chi connectivity index (χ4v) is 2.07. The van der Waals surface area contributed by atoms with Crippen LogP contribution in [-0.2, 0) is 20.6 Å². The summed E-state index contributed by atoms with van der Waals surface area (Å²) >= 11 is 0. The Morgan fingerprint density at radius 3 is 1.86 bits per heavy atom. The number of hydrogen-bond donors (Lipinski definition) is 1. The van der Waals surface area contributed by atoms with Crippen LogP contribution < -0.4 is 15.2 Å². The van der Waals surface area contributed by atoms with E-state index < -0.39 is 0 Å². The maximum Gasteiger partial charge on any atom is 0.161 e. The van der Waals surface area contributed by atoms with Crippen molar-refractivity contribution in [3.63, 3.8) is 0 Å². The van der Waals surface area contributed by atoms with Gasteiger partial charge in [-0.1, -0.05) is 6.07 Å². The minimum absolute atomic E-state index is 0.471. The fraction of sp³-hybridized carbons (Fsp3) is 0.625. The van der Waals surface area contributed by atoms with Crippen LogP contribution in [-0.4, -0.2) is 59.4 Å². The van der Waals surface area contributed by atoms with Crippen LogP contribution in [0.2, 0.25) is 0 Å². The zero-order valence-electron chi connectivity index (χ0n) is 12.9. The predicted molar refractivity (Wildman–Crippen MR) is 82.6 cm³/mol. The summed E-state index contributed by atoms with van der Waals surface area (Å²) in [6.07, 6.45) is 0.813. The molecule has 0 spiro atoms. The molecule has 0 aromatic heterocycles. The average Bonchev–Trinajstić information content (AvgIpc) is 2.54. The first-order valence-corrected chi connectivity index (χ1v) is 7.72.